The number of halogens is 2. The van der Waals surface area contributed by atoms with Crippen LogP contribution in [0, 0.1) is 7.14 Å². The molecule has 0 aliphatic rings. The van der Waals surface area contributed by atoms with Crippen molar-refractivity contribution >= 4 is 77.0 Å². The predicted molar refractivity (Wildman–Crippen MR) is 194 cm³/mol. The summed E-state index contributed by atoms with van der Waals surface area (Å²) in [5.74, 6) is -1.54. The highest BCUT2D eigenvalue weighted by Gasteiger charge is 2.38. The van der Waals surface area contributed by atoms with Crippen LogP contribution in [0.1, 0.15) is 29.3 Å². The standard InChI is InChI=1S/C33H27I2N3O6S2/c1-23(39)44-30-17-11-27(12-18-30)32-20-36-33(31(37-32)19-24-5-3-2-4-6-24)38(45(40,41)21-25-7-13-28(34)14-8-25)46(42,43)22-26-9-15-29(35)16-10-26/h2-18,20H,19,21-22H2,1H3. The Labute approximate surface area is 295 Å². The molecule has 5 aromatic rings. The highest BCUT2D eigenvalue weighted by molar-refractivity contribution is 14.1. The van der Waals surface area contributed by atoms with Gasteiger partial charge in [-0.05, 0) is 110 Å². The van der Waals surface area contributed by atoms with E-state index in [9.17, 15) is 21.6 Å². The van der Waals surface area contributed by atoms with Crippen LogP contribution in [0.15, 0.2) is 109 Å². The molecule has 0 fully saturated rings. The summed E-state index contributed by atoms with van der Waals surface area (Å²) in [6, 6.07) is 29.5. The number of benzene rings is 4. The first-order valence-corrected chi connectivity index (χ1v) is 19.2. The zero-order chi connectivity index (χ0) is 32.9. The molecule has 9 nitrogen and oxygen atoms in total. The van der Waals surface area contributed by atoms with Crippen molar-refractivity contribution in [2.75, 3.05) is 3.71 Å². The summed E-state index contributed by atoms with van der Waals surface area (Å²) in [5, 5.41) is 0. The van der Waals surface area contributed by atoms with Gasteiger partial charge in [-0.1, -0.05) is 54.6 Å². The summed E-state index contributed by atoms with van der Waals surface area (Å²) >= 11 is 4.23. The van der Waals surface area contributed by atoms with Gasteiger partial charge in [0.15, 0.2) is 5.82 Å². The fraction of sp³-hybridized carbons (Fsp3) is 0.121. The van der Waals surface area contributed by atoms with E-state index in [1.807, 2.05) is 30.3 Å². The Balaban J connectivity index is 1.65. The predicted octanol–water partition coefficient (Wildman–Crippen LogP) is 6.74. The van der Waals surface area contributed by atoms with Gasteiger partial charge in [-0.15, -0.1) is 3.71 Å². The lowest BCUT2D eigenvalue weighted by molar-refractivity contribution is -0.131. The minimum absolute atomic E-state index is 0.108. The first-order valence-electron chi connectivity index (χ1n) is 13.8. The number of carbonyl (C=O) groups excluding carboxylic acids is 1. The zero-order valence-corrected chi connectivity index (χ0v) is 30.3. The van der Waals surface area contributed by atoms with E-state index in [4.69, 9.17) is 9.72 Å². The van der Waals surface area contributed by atoms with Gasteiger partial charge in [0.05, 0.1) is 29.1 Å². The SMILES string of the molecule is CC(=O)Oc1ccc(-c2cnc(N(S(=O)(=O)Cc3ccc(I)cc3)S(=O)(=O)Cc3ccc(I)cc3)c(Cc3ccccc3)n2)cc1. The molecule has 46 heavy (non-hydrogen) atoms. The maximum absolute atomic E-state index is 14.2. The van der Waals surface area contributed by atoms with Crippen molar-refractivity contribution in [3.05, 3.63) is 139 Å². The van der Waals surface area contributed by atoms with Crippen molar-refractivity contribution in [2.24, 2.45) is 0 Å². The van der Waals surface area contributed by atoms with Gasteiger partial charge >= 0.3 is 5.97 Å². The lowest BCUT2D eigenvalue weighted by Crippen LogP contribution is -2.40. The molecule has 236 valence electrons. The third-order valence-electron chi connectivity index (χ3n) is 6.65. The molecule has 13 heteroatoms. The molecule has 0 amide bonds. The largest absolute Gasteiger partial charge is 0.427 e. The van der Waals surface area contributed by atoms with Crippen LogP contribution in [0.25, 0.3) is 11.3 Å². The van der Waals surface area contributed by atoms with Gasteiger partial charge in [0, 0.05) is 26.0 Å². The highest BCUT2D eigenvalue weighted by Crippen LogP contribution is 2.31. The normalized spacial score (nSPS) is 11.6. The van der Waals surface area contributed by atoms with Crippen molar-refractivity contribution in [1.82, 2.24) is 9.97 Å². The molecule has 0 saturated carbocycles. The molecule has 0 radical (unpaired) electrons. The maximum Gasteiger partial charge on any atom is 0.308 e. The molecule has 4 aromatic carbocycles. The lowest BCUT2D eigenvalue weighted by Gasteiger charge is -2.25. The number of hydrogen-bond acceptors (Lipinski definition) is 8. The minimum Gasteiger partial charge on any atom is -0.427 e. The van der Waals surface area contributed by atoms with E-state index in [0.29, 0.717) is 31.8 Å². The molecule has 0 N–H and O–H groups in total. The quantitative estimate of drug-likeness (QED) is 0.0814. The molecule has 0 atom stereocenters. The lowest BCUT2D eigenvalue weighted by atomic mass is 10.1. The number of hydrogen-bond donors (Lipinski definition) is 0. The van der Waals surface area contributed by atoms with Crippen molar-refractivity contribution in [2.45, 2.75) is 24.9 Å². The van der Waals surface area contributed by atoms with E-state index < -0.39 is 37.5 Å². The summed E-state index contributed by atoms with van der Waals surface area (Å²) in [6.07, 6.45) is 1.45. The second kappa shape index (κ2) is 14.6. The second-order valence-electron chi connectivity index (χ2n) is 10.3. The van der Waals surface area contributed by atoms with Gasteiger partial charge < -0.3 is 4.74 Å². The van der Waals surface area contributed by atoms with E-state index in [1.54, 1.807) is 72.8 Å². The van der Waals surface area contributed by atoms with Gasteiger partial charge in [0.2, 0.25) is 0 Å². The van der Waals surface area contributed by atoms with Crippen LogP contribution in [-0.4, -0.2) is 32.8 Å². The first-order chi connectivity index (χ1) is 21.9. The molecule has 0 aliphatic carbocycles. The van der Waals surface area contributed by atoms with Gasteiger partial charge in [0.25, 0.3) is 20.0 Å². The Bertz CT molecular complexity index is 1980. The van der Waals surface area contributed by atoms with Crippen molar-refractivity contribution in [3.63, 3.8) is 0 Å². The number of sulfonamides is 2. The molecule has 0 saturated heterocycles. The fourth-order valence-electron chi connectivity index (χ4n) is 4.62. The molecule has 5 rings (SSSR count). The van der Waals surface area contributed by atoms with E-state index in [2.05, 4.69) is 50.2 Å². The maximum atomic E-state index is 14.2. The second-order valence-corrected chi connectivity index (χ2v) is 16.6. The van der Waals surface area contributed by atoms with Crippen molar-refractivity contribution in [3.8, 4) is 17.0 Å². The van der Waals surface area contributed by atoms with Crippen LogP contribution in [0.5, 0.6) is 5.75 Å². The van der Waals surface area contributed by atoms with Crippen LogP contribution in [-0.2, 0) is 42.8 Å². The monoisotopic (exact) mass is 879 g/mol. The van der Waals surface area contributed by atoms with Crippen LogP contribution in [0.3, 0.4) is 0 Å². The Hall–Kier alpha value is -3.41. The van der Waals surface area contributed by atoms with Crippen molar-refractivity contribution in [1.29, 1.82) is 0 Å². The van der Waals surface area contributed by atoms with Crippen LogP contribution in [0.4, 0.5) is 5.82 Å². The summed E-state index contributed by atoms with van der Waals surface area (Å²) in [5.41, 5.74) is 2.79. The van der Waals surface area contributed by atoms with Crippen LogP contribution in [0.2, 0.25) is 0 Å². The molecular formula is C33H27I2N3O6S2. The zero-order valence-electron chi connectivity index (χ0n) is 24.4. The molecule has 0 aliphatic heterocycles. The summed E-state index contributed by atoms with van der Waals surface area (Å²) in [4.78, 5) is 20.6. The Kier molecular flexibility index (Phi) is 10.7. The van der Waals surface area contributed by atoms with E-state index >= 15 is 0 Å². The third kappa shape index (κ3) is 8.68. The van der Waals surface area contributed by atoms with E-state index in [1.165, 1.54) is 13.1 Å². The number of aromatic nitrogens is 2. The average Bonchev–Trinajstić information content (AvgIpc) is 3.00. The Morgan fingerprint density at radius 3 is 1.74 bits per heavy atom. The van der Waals surface area contributed by atoms with Gasteiger partial charge in [-0.25, -0.2) is 26.8 Å². The van der Waals surface area contributed by atoms with E-state index in [-0.39, 0.29) is 17.9 Å². The molecule has 0 unspecified atom stereocenters. The highest BCUT2D eigenvalue weighted by atomic mass is 127. The van der Waals surface area contributed by atoms with Crippen LogP contribution < -0.4 is 8.45 Å². The Morgan fingerprint density at radius 2 is 1.24 bits per heavy atom. The number of nitrogens with zero attached hydrogens (tertiary/aromatic N) is 3. The topological polar surface area (TPSA) is 124 Å². The smallest absolute Gasteiger partial charge is 0.308 e. The average molecular weight is 880 g/mol. The molecular weight excluding hydrogens is 852 g/mol. The molecule has 1 aromatic heterocycles. The van der Waals surface area contributed by atoms with Gasteiger partial charge in [-0.3, -0.25) is 4.79 Å². The van der Waals surface area contributed by atoms with Gasteiger partial charge in [-0.2, -0.15) is 0 Å². The number of rotatable bonds is 11. The van der Waals surface area contributed by atoms with Crippen LogP contribution >= 0.6 is 45.2 Å². The Morgan fingerprint density at radius 1 is 0.717 bits per heavy atom. The number of ether oxygens (including phenoxy) is 1. The first kappa shape index (κ1) is 33.9. The molecule has 0 spiro atoms. The molecule has 0 bridgehead atoms. The summed E-state index contributed by atoms with van der Waals surface area (Å²) in [7, 11) is -9.09. The minimum atomic E-state index is -4.55. The summed E-state index contributed by atoms with van der Waals surface area (Å²) < 4.78 is 64.2. The fourth-order valence-corrected chi connectivity index (χ4v) is 9.33. The third-order valence-corrected chi connectivity index (χ3v) is 12.2. The summed E-state index contributed by atoms with van der Waals surface area (Å²) in [6.45, 7) is 1.30. The number of anilines is 1. The van der Waals surface area contributed by atoms with Gasteiger partial charge in [0.1, 0.15) is 5.75 Å². The van der Waals surface area contributed by atoms with E-state index in [0.717, 1.165) is 12.7 Å². The number of esters is 1. The number of carbonyl (C=O) groups is 1. The molecule has 1 heterocycles. The van der Waals surface area contributed by atoms with Crippen molar-refractivity contribution < 1.29 is 26.4 Å².